The van der Waals surface area contributed by atoms with Crippen molar-refractivity contribution in [2.75, 3.05) is 20.2 Å². The van der Waals surface area contributed by atoms with Crippen LogP contribution < -0.4 is 10.1 Å². The van der Waals surface area contributed by atoms with Crippen molar-refractivity contribution in [2.45, 2.75) is 65.5 Å². The van der Waals surface area contributed by atoms with Gasteiger partial charge in [-0.25, -0.2) is 0 Å². The van der Waals surface area contributed by atoms with Crippen LogP contribution in [0.15, 0.2) is 36.4 Å². The number of benzene rings is 2. The molecule has 0 unspecified atom stereocenters. The number of phenols is 1. The number of aromatic hydroxyl groups is 1. The Kier molecular flexibility index (Phi) is 7.94. The van der Waals surface area contributed by atoms with Crippen LogP contribution in [0.2, 0.25) is 0 Å². The van der Waals surface area contributed by atoms with Crippen molar-refractivity contribution >= 4 is 5.91 Å². The Hall–Kier alpha value is -3.39. The topological polar surface area (TPSA) is 92.5 Å². The first-order chi connectivity index (χ1) is 17.3. The molecule has 0 aliphatic carbocycles. The Balaban J connectivity index is 1.78. The SMILES string of the molecule is COc1cc(O)c(-c2nnc(C(=O)NC(C)C)n2-c2ccc(CN3CCCCC3)cc2)cc1C(C)C. The smallest absolute Gasteiger partial charge is 0.289 e. The van der Waals surface area contributed by atoms with Gasteiger partial charge < -0.3 is 15.2 Å². The van der Waals surface area contributed by atoms with E-state index in [0.29, 0.717) is 17.1 Å². The van der Waals surface area contributed by atoms with Gasteiger partial charge in [0.1, 0.15) is 11.5 Å². The van der Waals surface area contributed by atoms with E-state index in [-0.39, 0.29) is 29.4 Å². The molecule has 4 rings (SSSR count). The third-order valence-electron chi connectivity index (χ3n) is 6.55. The van der Waals surface area contributed by atoms with Gasteiger partial charge in [0.2, 0.25) is 5.82 Å². The van der Waals surface area contributed by atoms with E-state index in [2.05, 4.69) is 46.4 Å². The Morgan fingerprint density at radius 1 is 1.06 bits per heavy atom. The number of nitrogens with one attached hydrogen (secondary N) is 1. The molecule has 1 aromatic heterocycles. The highest BCUT2D eigenvalue weighted by molar-refractivity contribution is 5.92. The number of piperidine rings is 1. The van der Waals surface area contributed by atoms with E-state index in [1.54, 1.807) is 17.7 Å². The molecule has 1 aliphatic heterocycles. The molecular formula is C28H37N5O3. The minimum Gasteiger partial charge on any atom is -0.507 e. The normalized spacial score (nSPS) is 14.4. The van der Waals surface area contributed by atoms with Crippen LogP contribution in [0.3, 0.4) is 0 Å². The molecule has 0 bridgehead atoms. The maximum atomic E-state index is 13.1. The van der Waals surface area contributed by atoms with Crippen molar-refractivity contribution in [1.82, 2.24) is 25.0 Å². The van der Waals surface area contributed by atoms with Crippen molar-refractivity contribution in [1.29, 1.82) is 0 Å². The minimum atomic E-state index is -0.321. The zero-order valence-corrected chi connectivity index (χ0v) is 21.9. The van der Waals surface area contributed by atoms with Gasteiger partial charge in [-0.1, -0.05) is 32.4 Å². The number of nitrogens with zero attached hydrogens (tertiary/aromatic N) is 4. The second-order valence-electron chi connectivity index (χ2n) is 10.1. The molecule has 0 radical (unpaired) electrons. The lowest BCUT2D eigenvalue weighted by Crippen LogP contribution is -2.32. The summed E-state index contributed by atoms with van der Waals surface area (Å²) in [6, 6.07) is 11.6. The maximum absolute atomic E-state index is 13.1. The molecule has 2 aromatic carbocycles. The van der Waals surface area contributed by atoms with Gasteiger partial charge in [0.05, 0.1) is 12.7 Å². The van der Waals surface area contributed by atoms with E-state index in [1.807, 2.05) is 32.0 Å². The van der Waals surface area contributed by atoms with Crippen molar-refractivity contribution in [3.63, 3.8) is 0 Å². The predicted molar refractivity (Wildman–Crippen MR) is 141 cm³/mol. The Bertz CT molecular complexity index is 1190. The number of ether oxygens (including phenoxy) is 1. The summed E-state index contributed by atoms with van der Waals surface area (Å²) < 4.78 is 7.20. The number of rotatable bonds is 8. The molecule has 1 aliphatic rings. The van der Waals surface area contributed by atoms with Crippen molar-refractivity contribution in [3.8, 4) is 28.6 Å². The first-order valence-electron chi connectivity index (χ1n) is 12.8. The summed E-state index contributed by atoms with van der Waals surface area (Å²) in [5, 5.41) is 22.4. The second kappa shape index (κ2) is 11.1. The lowest BCUT2D eigenvalue weighted by molar-refractivity contribution is 0.0930. The average molecular weight is 492 g/mol. The number of methoxy groups -OCH3 is 1. The largest absolute Gasteiger partial charge is 0.507 e. The molecule has 3 aromatic rings. The van der Waals surface area contributed by atoms with E-state index < -0.39 is 0 Å². The number of hydrogen-bond acceptors (Lipinski definition) is 6. The van der Waals surface area contributed by atoms with Crippen LogP contribution in [-0.4, -0.2) is 56.9 Å². The molecule has 2 N–H and O–H groups in total. The van der Waals surface area contributed by atoms with Crippen molar-refractivity contribution in [2.24, 2.45) is 0 Å². The number of carbonyl (C=O) groups is 1. The van der Waals surface area contributed by atoms with Crippen LogP contribution >= 0.6 is 0 Å². The number of carbonyl (C=O) groups excluding carboxylic acids is 1. The fourth-order valence-corrected chi connectivity index (χ4v) is 4.70. The molecule has 1 saturated heterocycles. The summed E-state index contributed by atoms with van der Waals surface area (Å²) in [5.74, 6) is 1.03. The standard InChI is InChI=1S/C28H37N5O3/c1-18(2)22-15-23(24(34)16-25(22)36-5)26-30-31-27(28(35)29-19(3)4)33(26)21-11-9-20(10-12-21)17-32-13-7-6-8-14-32/h9-12,15-16,18-19,34H,6-8,13-14,17H2,1-5H3,(H,29,35). The van der Waals surface area contributed by atoms with E-state index >= 15 is 0 Å². The van der Waals surface area contributed by atoms with E-state index in [4.69, 9.17) is 4.74 Å². The van der Waals surface area contributed by atoms with Crippen LogP contribution in [0.1, 0.15) is 74.6 Å². The van der Waals surface area contributed by atoms with Gasteiger partial charge in [-0.05, 0) is 75.0 Å². The fourth-order valence-electron chi connectivity index (χ4n) is 4.70. The second-order valence-corrected chi connectivity index (χ2v) is 10.1. The predicted octanol–water partition coefficient (Wildman–Crippen LogP) is 4.90. The van der Waals surface area contributed by atoms with Crippen LogP contribution in [0, 0.1) is 0 Å². The molecule has 0 atom stereocenters. The van der Waals surface area contributed by atoms with Crippen molar-refractivity contribution in [3.05, 3.63) is 53.3 Å². The molecular weight excluding hydrogens is 454 g/mol. The third kappa shape index (κ3) is 5.54. The fraction of sp³-hybridized carbons (Fsp3) is 0.464. The monoisotopic (exact) mass is 491 g/mol. The zero-order chi connectivity index (χ0) is 25.8. The van der Waals surface area contributed by atoms with Crippen LogP contribution in [-0.2, 0) is 6.54 Å². The first-order valence-corrected chi connectivity index (χ1v) is 12.8. The lowest BCUT2D eigenvalue weighted by atomic mass is 9.98. The van der Waals surface area contributed by atoms with Crippen LogP contribution in [0.4, 0.5) is 0 Å². The van der Waals surface area contributed by atoms with Gasteiger partial charge in [0.25, 0.3) is 5.91 Å². The molecule has 1 fully saturated rings. The van der Waals surface area contributed by atoms with E-state index in [0.717, 1.165) is 30.9 Å². The highest BCUT2D eigenvalue weighted by atomic mass is 16.5. The van der Waals surface area contributed by atoms with Gasteiger partial charge in [-0.3, -0.25) is 14.3 Å². The Morgan fingerprint density at radius 3 is 2.36 bits per heavy atom. The Labute approximate surface area is 213 Å². The van der Waals surface area contributed by atoms with Gasteiger partial charge in [-0.2, -0.15) is 0 Å². The maximum Gasteiger partial charge on any atom is 0.289 e. The third-order valence-corrected chi connectivity index (χ3v) is 6.55. The molecule has 0 spiro atoms. The highest BCUT2D eigenvalue weighted by Crippen LogP contribution is 2.38. The van der Waals surface area contributed by atoms with Gasteiger partial charge >= 0.3 is 0 Å². The molecule has 192 valence electrons. The van der Waals surface area contributed by atoms with Crippen LogP contribution in [0.5, 0.6) is 11.5 Å². The first kappa shape index (κ1) is 25.7. The quantitative estimate of drug-likeness (QED) is 0.466. The summed E-state index contributed by atoms with van der Waals surface area (Å²) >= 11 is 0. The molecule has 36 heavy (non-hydrogen) atoms. The molecule has 8 heteroatoms. The lowest BCUT2D eigenvalue weighted by Gasteiger charge is -2.26. The summed E-state index contributed by atoms with van der Waals surface area (Å²) in [4.78, 5) is 15.5. The summed E-state index contributed by atoms with van der Waals surface area (Å²) in [6.45, 7) is 11.1. The molecule has 0 saturated carbocycles. The van der Waals surface area contributed by atoms with Gasteiger partial charge in [0, 0.05) is 24.3 Å². The number of hydrogen-bond donors (Lipinski definition) is 2. The number of likely N-dealkylation sites (tertiary alicyclic amines) is 1. The molecule has 8 nitrogen and oxygen atoms in total. The number of phenolic OH excluding ortho intramolecular Hbond substituents is 1. The zero-order valence-electron chi connectivity index (χ0n) is 21.9. The van der Waals surface area contributed by atoms with Crippen molar-refractivity contribution < 1.29 is 14.6 Å². The molecule has 1 amide bonds. The van der Waals surface area contributed by atoms with Gasteiger partial charge in [-0.15, -0.1) is 10.2 Å². The summed E-state index contributed by atoms with van der Waals surface area (Å²) in [6.07, 6.45) is 3.81. The molecule has 2 heterocycles. The minimum absolute atomic E-state index is 0.0161. The van der Waals surface area contributed by atoms with E-state index in [9.17, 15) is 9.90 Å². The van der Waals surface area contributed by atoms with Gasteiger partial charge in [0.15, 0.2) is 5.82 Å². The number of amides is 1. The number of aromatic nitrogens is 3. The average Bonchev–Trinajstić information content (AvgIpc) is 3.29. The summed E-state index contributed by atoms with van der Waals surface area (Å²) in [5.41, 5.74) is 3.41. The highest BCUT2D eigenvalue weighted by Gasteiger charge is 2.25. The van der Waals surface area contributed by atoms with E-state index in [1.165, 1.54) is 24.8 Å². The van der Waals surface area contributed by atoms with Crippen LogP contribution in [0.25, 0.3) is 17.1 Å². The summed E-state index contributed by atoms with van der Waals surface area (Å²) in [7, 11) is 1.59. The Morgan fingerprint density at radius 2 is 1.75 bits per heavy atom.